The lowest BCUT2D eigenvalue weighted by Gasteiger charge is -2.35. The van der Waals surface area contributed by atoms with E-state index in [1.165, 1.54) is 38.2 Å². The number of carboxylic acids is 1. The van der Waals surface area contributed by atoms with Crippen molar-refractivity contribution in [2.45, 2.75) is 24.7 Å². The number of benzene rings is 5. The second-order valence-electron chi connectivity index (χ2n) is 9.97. The summed E-state index contributed by atoms with van der Waals surface area (Å²) in [7, 11) is 0. The van der Waals surface area contributed by atoms with Crippen molar-refractivity contribution < 1.29 is 9.90 Å². The van der Waals surface area contributed by atoms with E-state index in [-0.39, 0.29) is 17.5 Å². The molecule has 1 aliphatic rings. The van der Waals surface area contributed by atoms with Crippen LogP contribution in [0.2, 0.25) is 0 Å². The first-order valence-electron chi connectivity index (χ1n) is 12.8. The molecule has 0 saturated carbocycles. The average molecular weight is 480 g/mol. The number of aryl methyl sites for hydroxylation is 1. The number of aromatic nitrogens is 1. The van der Waals surface area contributed by atoms with E-state index in [1.807, 2.05) is 30.3 Å². The molecule has 2 unspecified atom stereocenters. The van der Waals surface area contributed by atoms with Gasteiger partial charge >= 0.3 is 5.97 Å². The summed E-state index contributed by atoms with van der Waals surface area (Å²) in [6.07, 6.45) is 1.83. The second-order valence-corrected chi connectivity index (χ2v) is 9.97. The lowest BCUT2D eigenvalue weighted by molar-refractivity contribution is 0.0692. The van der Waals surface area contributed by atoms with Gasteiger partial charge in [0.2, 0.25) is 0 Å². The Morgan fingerprint density at radius 2 is 1.41 bits per heavy atom. The topological polar surface area (TPSA) is 50.2 Å². The van der Waals surface area contributed by atoms with E-state index in [9.17, 15) is 9.90 Å². The first kappa shape index (κ1) is 21.8. The minimum atomic E-state index is -0.983. The van der Waals surface area contributed by atoms with Gasteiger partial charge in [0.05, 0.1) is 0 Å². The van der Waals surface area contributed by atoms with Crippen molar-refractivity contribution >= 4 is 38.3 Å². The number of aromatic carboxylic acids is 1. The lowest BCUT2D eigenvalue weighted by atomic mass is 9.69. The van der Waals surface area contributed by atoms with Gasteiger partial charge in [0.15, 0.2) is 5.69 Å². The standard InChI is InChI=1S/C34H25NO2/c36-34(37)33-25-13-7-5-11-23(25)20-31(35-33)30-19-17-28-27-15-14-21-8-4-6-12-24(21)26(27)16-18-29(28)32(30)22-9-2-1-3-10-22/h1-16,18,20,30,32H,17,19H2,(H,36,37). The van der Waals surface area contributed by atoms with Crippen molar-refractivity contribution in [3.63, 3.8) is 0 Å². The summed E-state index contributed by atoms with van der Waals surface area (Å²) in [5, 5.41) is 16.7. The van der Waals surface area contributed by atoms with E-state index in [0.717, 1.165) is 23.9 Å². The van der Waals surface area contributed by atoms with Gasteiger partial charge in [0.1, 0.15) is 0 Å². The minimum Gasteiger partial charge on any atom is -0.476 e. The number of hydrogen-bond acceptors (Lipinski definition) is 2. The van der Waals surface area contributed by atoms with Crippen LogP contribution in [0.15, 0.2) is 109 Å². The van der Waals surface area contributed by atoms with Crippen LogP contribution in [-0.2, 0) is 6.42 Å². The van der Waals surface area contributed by atoms with Crippen LogP contribution in [-0.4, -0.2) is 16.1 Å². The summed E-state index contributed by atoms with van der Waals surface area (Å²) in [4.78, 5) is 17.0. The van der Waals surface area contributed by atoms with Crippen LogP contribution in [0.25, 0.3) is 32.3 Å². The summed E-state index contributed by atoms with van der Waals surface area (Å²) in [6.45, 7) is 0. The van der Waals surface area contributed by atoms with Gasteiger partial charge in [-0.2, -0.15) is 0 Å². The zero-order valence-electron chi connectivity index (χ0n) is 20.3. The van der Waals surface area contributed by atoms with Crippen molar-refractivity contribution in [1.29, 1.82) is 0 Å². The molecule has 0 radical (unpaired) electrons. The van der Waals surface area contributed by atoms with Crippen LogP contribution in [0.4, 0.5) is 0 Å². The zero-order chi connectivity index (χ0) is 24.9. The van der Waals surface area contributed by atoms with E-state index < -0.39 is 5.97 Å². The molecule has 37 heavy (non-hydrogen) atoms. The third-order valence-corrected chi connectivity index (χ3v) is 8.02. The number of fused-ring (bicyclic) bond motifs is 6. The van der Waals surface area contributed by atoms with Crippen molar-refractivity contribution in [1.82, 2.24) is 4.98 Å². The molecule has 5 aromatic carbocycles. The molecule has 0 saturated heterocycles. The molecule has 2 atom stereocenters. The van der Waals surface area contributed by atoms with Gasteiger partial charge in [-0.25, -0.2) is 9.78 Å². The van der Waals surface area contributed by atoms with Crippen molar-refractivity contribution in [2.24, 2.45) is 0 Å². The normalized spacial score (nSPS) is 17.2. The Bertz CT molecular complexity index is 1820. The SMILES string of the molecule is O=C(O)c1nc(C2CCc3c(ccc4c3ccc3ccccc34)C2c2ccccc2)cc2ccccc12. The van der Waals surface area contributed by atoms with Crippen molar-refractivity contribution in [2.75, 3.05) is 0 Å². The van der Waals surface area contributed by atoms with Crippen LogP contribution >= 0.6 is 0 Å². The predicted molar refractivity (Wildman–Crippen MR) is 150 cm³/mol. The molecule has 6 aromatic rings. The highest BCUT2D eigenvalue weighted by Gasteiger charge is 2.34. The van der Waals surface area contributed by atoms with Gasteiger partial charge < -0.3 is 5.11 Å². The fraction of sp³-hybridized carbons (Fsp3) is 0.118. The van der Waals surface area contributed by atoms with E-state index in [1.54, 1.807) is 0 Å². The molecular weight excluding hydrogens is 454 g/mol. The van der Waals surface area contributed by atoms with Crippen molar-refractivity contribution in [3.05, 3.63) is 137 Å². The largest absolute Gasteiger partial charge is 0.476 e. The minimum absolute atomic E-state index is 0.0792. The Hall–Kier alpha value is -4.50. The third kappa shape index (κ3) is 3.50. The molecule has 1 aromatic heterocycles. The molecular formula is C34H25NO2. The number of rotatable bonds is 3. The maximum absolute atomic E-state index is 12.2. The van der Waals surface area contributed by atoms with Gasteiger partial charge in [-0.3, -0.25) is 0 Å². The highest BCUT2D eigenvalue weighted by molar-refractivity contribution is 6.09. The summed E-state index contributed by atoms with van der Waals surface area (Å²) in [5.41, 5.74) is 4.94. The van der Waals surface area contributed by atoms with Crippen molar-refractivity contribution in [3.8, 4) is 0 Å². The van der Waals surface area contributed by atoms with E-state index in [2.05, 4.69) is 78.9 Å². The van der Waals surface area contributed by atoms with Crippen LogP contribution in [0.5, 0.6) is 0 Å². The fourth-order valence-electron chi connectivity index (χ4n) is 6.38. The summed E-state index contributed by atoms with van der Waals surface area (Å²) in [6, 6.07) is 38.0. The third-order valence-electron chi connectivity index (χ3n) is 8.02. The number of carbonyl (C=O) groups is 1. The maximum atomic E-state index is 12.2. The number of nitrogens with zero attached hydrogens (tertiary/aromatic N) is 1. The Labute approximate surface area is 215 Å². The zero-order valence-corrected chi connectivity index (χ0v) is 20.3. The quantitative estimate of drug-likeness (QED) is 0.261. The molecule has 0 aliphatic heterocycles. The number of pyridine rings is 1. The maximum Gasteiger partial charge on any atom is 0.355 e. The molecule has 0 amide bonds. The monoisotopic (exact) mass is 479 g/mol. The number of hydrogen-bond donors (Lipinski definition) is 1. The Balaban J connectivity index is 1.46. The Morgan fingerprint density at radius 1 is 0.703 bits per heavy atom. The summed E-state index contributed by atoms with van der Waals surface area (Å²) < 4.78 is 0. The molecule has 178 valence electrons. The number of carboxylic acid groups (broad SMARTS) is 1. The smallest absolute Gasteiger partial charge is 0.355 e. The van der Waals surface area contributed by atoms with Gasteiger partial charge in [-0.1, -0.05) is 103 Å². The first-order chi connectivity index (χ1) is 18.2. The molecule has 1 N–H and O–H groups in total. The van der Waals surface area contributed by atoms with Crippen LogP contribution in [0.3, 0.4) is 0 Å². The van der Waals surface area contributed by atoms with Gasteiger partial charge in [-0.05, 0) is 62.5 Å². The average Bonchev–Trinajstić information content (AvgIpc) is 2.96. The van der Waals surface area contributed by atoms with E-state index in [4.69, 9.17) is 4.98 Å². The van der Waals surface area contributed by atoms with Gasteiger partial charge in [0.25, 0.3) is 0 Å². The summed E-state index contributed by atoms with van der Waals surface area (Å²) >= 11 is 0. The first-order valence-corrected chi connectivity index (χ1v) is 12.8. The molecule has 3 nitrogen and oxygen atoms in total. The van der Waals surface area contributed by atoms with Crippen LogP contribution in [0.1, 0.15) is 51.1 Å². The second kappa shape index (κ2) is 8.56. The lowest BCUT2D eigenvalue weighted by Crippen LogP contribution is -2.22. The molecule has 1 heterocycles. The van der Waals surface area contributed by atoms with E-state index in [0.29, 0.717) is 5.39 Å². The van der Waals surface area contributed by atoms with Crippen LogP contribution in [0, 0.1) is 0 Å². The molecule has 0 bridgehead atoms. The highest BCUT2D eigenvalue weighted by Crippen LogP contribution is 2.48. The fourth-order valence-corrected chi connectivity index (χ4v) is 6.38. The highest BCUT2D eigenvalue weighted by atomic mass is 16.4. The molecule has 0 fully saturated rings. The van der Waals surface area contributed by atoms with Gasteiger partial charge in [-0.15, -0.1) is 0 Å². The molecule has 3 heteroatoms. The molecule has 7 rings (SSSR count). The Morgan fingerprint density at radius 3 is 2.22 bits per heavy atom. The van der Waals surface area contributed by atoms with Crippen LogP contribution < -0.4 is 0 Å². The summed E-state index contributed by atoms with van der Waals surface area (Å²) in [5.74, 6) is -0.810. The molecule has 0 spiro atoms. The Kier molecular flexibility index (Phi) is 5.03. The molecule has 1 aliphatic carbocycles. The predicted octanol–water partition coefficient (Wildman–Crippen LogP) is 8.10. The van der Waals surface area contributed by atoms with E-state index >= 15 is 0 Å². The van der Waals surface area contributed by atoms with Gasteiger partial charge in [0, 0.05) is 22.9 Å².